The number of anilines is 1. The van der Waals surface area contributed by atoms with Crippen molar-refractivity contribution in [2.24, 2.45) is 5.92 Å². The molecule has 2 heterocycles. The minimum absolute atomic E-state index is 0.0134. The molecule has 0 unspecified atom stereocenters. The summed E-state index contributed by atoms with van der Waals surface area (Å²) in [7, 11) is 3.57. The van der Waals surface area contributed by atoms with Gasteiger partial charge in [-0.25, -0.2) is 18.2 Å². The van der Waals surface area contributed by atoms with Gasteiger partial charge in [-0.3, -0.25) is 0 Å². The van der Waals surface area contributed by atoms with E-state index in [0.717, 1.165) is 39.3 Å². The largest absolute Gasteiger partial charge is 0.497 e. The molecule has 1 amide bonds. The van der Waals surface area contributed by atoms with Gasteiger partial charge >= 0.3 is 6.09 Å². The lowest BCUT2D eigenvalue weighted by Gasteiger charge is -2.30. The number of benzene rings is 6. The number of hydrogen-bond donors (Lipinski definition) is 2. The Hall–Kier alpha value is -8.48. The highest BCUT2D eigenvalue weighted by molar-refractivity contribution is 7.89. The third-order valence-corrected chi connectivity index (χ3v) is 16.1. The Morgan fingerprint density at radius 3 is 1.50 bits per heavy atom. The zero-order chi connectivity index (χ0) is 54.6. The van der Waals surface area contributed by atoms with Crippen molar-refractivity contribution in [3.8, 4) is 51.3 Å². The van der Waals surface area contributed by atoms with Crippen molar-refractivity contribution in [2.45, 2.75) is 75.8 Å². The Balaban J connectivity index is 1.20. The Labute approximate surface area is 455 Å². The molecule has 18 heteroatoms. The molecule has 1 saturated carbocycles. The summed E-state index contributed by atoms with van der Waals surface area (Å²) in [4.78, 5) is 20.5. The van der Waals surface area contributed by atoms with Gasteiger partial charge in [0.1, 0.15) is 34.6 Å². The molecule has 1 aliphatic carbocycles. The van der Waals surface area contributed by atoms with Gasteiger partial charge < -0.3 is 39.0 Å². The lowest BCUT2D eigenvalue weighted by atomic mass is 9.82. The van der Waals surface area contributed by atoms with Crippen molar-refractivity contribution in [2.75, 3.05) is 40.4 Å². The molecular formula is C60H64N8O9S. The summed E-state index contributed by atoms with van der Waals surface area (Å²) < 4.78 is 61.6. The number of carboxylic acid groups (broad SMARTS) is 1. The van der Waals surface area contributed by atoms with Crippen molar-refractivity contribution < 1.29 is 42.0 Å². The van der Waals surface area contributed by atoms with Gasteiger partial charge in [0, 0.05) is 44.0 Å². The summed E-state index contributed by atoms with van der Waals surface area (Å²) >= 11 is 0. The number of rotatable bonds is 23. The van der Waals surface area contributed by atoms with E-state index in [1.54, 1.807) is 41.7 Å². The second-order valence-corrected chi connectivity index (χ2v) is 21.1. The Bertz CT molecular complexity index is 3250. The molecule has 0 bridgehead atoms. The Kier molecular flexibility index (Phi) is 17.5. The molecule has 78 heavy (non-hydrogen) atoms. The van der Waals surface area contributed by atoms with Gasteiger partial charge in [-0.15, -0.1) is 10.2 Å². The highest BCUT2D eigenvalue weighted by Crippen LogP contribution is 2.42. The molecule has 2 aromatic heterocycles. The second kappa shape index (κ2) is 25.1. The number of nitrogens with one attached hydrogen (secondary N) is 1. The van der Waals surface area contributed by atoms with Crippen LogP contribution < -0.4 is 33.9 Å². The Morgan fingerprint density at radius 1 is 0.603 bits per heavy atom. The highest BCUT2D eigenvalue weighted by atomic mass is 32.2. The molecule has 17 nitrogen and oxygen atoms in total. The zero-order valence-corrected chi connectivity index (χ0v) is 45.2. The van der Waals surface area contributed by atoms with Crippen LogP contribution in [0.25, 0.3) is 22.5 Å². The van der Waals surface area contributed by atoms with Crippen LogP contribution in [0.2, 0.25) is 0 Å². The first-order chi connectivity index (χ1) is 37.9. The van der Waals surface area contributed by atoms with Crippen LogP contribution in [-0.2, 0) is 49.2 Å². The van der Waals surface area contributed by atoms with Crippen molar-refractivity contribution in [1.82, 2.24) is 34.8 Å². The van der Waals surface area contributed by atoms with Crippen molar-refractivity contribution in [1.29, 1.82) is 0 Å². The summed E-state index contributed by atoms with van der Waals surface area (Å²) in [5, 5.41) is 26.4. The SMILES string of the molecule is COc1ccc(CN(Cc2ccc(OC)cc2)c2ccc(-c3ccc(C[C@H]4CC[C@H](NC(=O)O)CC4)c(S(=O)(=O)N(Cc4ccc(OC)cc4)Cc4ccc(OC)cc4)c3-c3nnn(Cc4ccc(OC)cc4)n3)cn2)cc1. The van der Waals surface area contributed by atoms with Crippen molar-refractivity contribution >= 4 is 21.9 Å². The number of methoxy groups -OCH3 is 5. The summed E-state index contributed by atoms with van der Waals surface area (Å²) in [6.07, 6.45) is 3.73. The summed E-state index contributed by atoms with van der Waals surface area (Å²) in [6, 6.07) is 45.7. The minimum Gasteiger partial charge on any atom is -0.497 e. The van der Waals surface area contributed by atoms with Crippen molar-refractivity contribution in [3.63, 3.8) is 0 Å². The molecule has 1 fully saturated rings. The standard InChI is InChI=1S/C60H64N8O9S/c1-73-50-22-8-42(9-23-50)36-66(37-43-10-24-51(74-2)25-11-43)56-33-19-48(35-61-56)55-32-18-47(34-41-6-20-49(21-7-41)62-60(69)70)58(57(55)59-63-65-68(64-59)40-46-16-30-54(77-5)31-17-46)78(71,72)67(38-44-12-26-52(75-3)27-13-44)39-45-14-28-53(76-4)29-15-45/h8-19,22-33,35,41,49,62H,6-7,20-21,34,36-40H2,1-5H3,(H,69,70)/t41-,49-. The van der Waals surface area contributed by atoms with E-state index in [9.17, 15) is 9.90 Å². The molecule has 0 atom stereocenters. The van der Waals surface area contributed by atoms with Gasteiger partial charge in [-0.2, -0.15) is 9.10 Å². The average Bonchev–Trinajstić information content (AvgIpc) is 4.03. The van der Waals surface area contributed by atoms with Gasteiger partial charge in [0.05, 0.1) is 52.6 Å². The number of amides is 1. The van der Waals surface area contributed by atoms with Crippen LogP contribution in [0.15, 0.2) is 157 Å². The van der Waals surface area contributed by atoms with Gasteiger partial charge in [-0.05, 0) is 155 Å². The van der Waals surface area contributed by atoms with E-state index in [4.69, 9.17) is 33.8 Å². The molecule has 404 valence electrons. The van der Waals surface area contributed by atoms with Crippen LogP contribution in [0.1, 0.15) is 59.1 Å². The molecule has 9 rings (SSSR count). The number of aromatic nitrogens is 5. The van der Waals surface area contributed by atoms with Crippen LogP contribution in [-0.4, -0.2) is 90.7 Å². The normalized spacial score (nSPS) is 14.4. The highest BCUT2D eigenvalue weighted by Gasteiger charge is 2.36. The van der Waals surface area contributed by atoms with E-state index in [0.29, 0.717) is 85.0 Å². The van der Waals surface area contributed by atoms with E-state index >= 15 is 8.42 Å². The topological polar surface area (TPSA) is 193 Å². The van der Waals surface area contributed by atoms with Crippen LogP contribution in [0.3, 0.4) is 0 Å². The fourth-order valence-electron chi connectivity index (χ4n) is 9.92. The molecule has 1 aliphatic rings. The molecule has 0 saturated heterocycles. The van der Waals surface area contributed by atoms with Gasteiger partial charge in [-0.1, -0.05) is 72.8 Å². The van der Waals surface area contributed by atoms with Gasteiger partial charge in [0.15, 0.2) is 0 Å². The van der Waals surface area contributed by atoms with Gasteiger partial charge in [0.2, 0.25) is 15.8 Å². The first kappa shape index (κ1) is 54.3. The molecule has 2 N–H and O–H groups in total. The fourth-order valence-corrected chi connectivity index (χ4v) is 11.8. The summed E-state index contributed by atoms with van der Waals surface area (Å²) in [5.41, 5.74) is 6.51. The molecule has 0 radical (unpaired) electrons. The lowest BCUT2D eigenvalue weighted by molar-refractivity contribution is 0.182. The maximum atomic E-state index is 16.4. The van der Waals surface area contributed by atoms with E-state index in [-0.39, 0.29) is 47.9 Å². The van der Waals surface area contributed by atoms with Gasteiger partial charge in [0.25, 0.3) is 0 Å². The molecule has 0 spiro atoms. The number of ether oxygens (including phenoxy) is 5. The molecule has 0 aliphatic heterocycles. The van der Waals surface area contributed by atoms with Crippen LogP contribution in [0, 0.1) is 5.92 Å². The molecule has 8 aromatic rings. The molecule has 6 aromatic carbocycles. The third-order valence-electron chi connectivity index (χ3n) is 14.2. The van der Waals surface area contributed by atoms with Crippen LogP contribution in [0.4, 0.5) is 10.6 Å². The van der Waals surface area contributed by atoms with Crippen LogP contribution in [0.5, 0.6) is 28.7 Å². The summed E-state index contributed by atoms with van der Waals surface area (Å²) in [6.45, 7) is 1.33. The van der Waals surface area contributed by atoms with E-state index in [1.165, 1.54) is 9.10 Å². The van der Waals surface area contributed by atoms with Crippen molar-refractivity contribution in [3.05, 3.63) is 185 Å². The second-order valence-electron chi connectivity index (χ2n) is 19.3. The quantitative estimate of drug-likeness (QED) is 0.0615. The van der Waals surface area contributed by atoms with Crippen LogP contribution >= 0.6 is 0 Å². The Morgan fingerprint density at radius 2 is 1.06 bits per heavy atom. The minimum atomic E-state index is -4.50. The fraction of sp³-hybridized carbons (Fsp3) is 0.283. The number of pyridine rings is 1. The first-order valence-corrected chi connectivity index (χ1v) is 27.2. The average molecular weight is 1070 g/mol. The monoisotopic (exact) mass is 1070 g/mol. The third kappa shape index (κ3) is 13.4. The predicted octanol–water partition coefficient (Wildman–Crippen LogP) is 10.5. The number of nitrogens with zero attached hydrogens (tertiary/aromatic N) is 7. The van der Waals surface area contributed by atoms with E-state index < -0.39 is 16.1 Å². The maximum Gasteiger partial charge on any atom is 0.404 e. The van der Waals surface area contributed by atoms with E-state index in [1.807, 2.05) is 146 Å². The lowest BCUT2D eigenvalue weighted by Crippen LogP contribution is -2.37. The predicted molar refractivity (Wildman–Crippen MR) is 297 cm³/mol. The number of tetrazole rings is 1. The first-order valence-electron chi connectivity index (χ1n) is 25.7. The zero-order valence-electron chi connectivity index (χ0n) is 44.4. The number of sulfonamides is 1. The number of hydrogen-bond acceptors (Lipinski definition) is 13. The summed E-state index contributed by atoms with van der Waals surface area (Å²) in [5.74, 6) is 4.35. The van der Waals surface area contributed by atoms with E-state index in [2.05, 4.69) is 20.5 Å². The molecular weight excluding hydrogens is 1010 g/mol. The smallest absolute Gasteiger partial charge is 0.404 e. The maximum absolute atomic E-state index is 16.4. The number of carbonyl (C=O) groups is 1.